The molecule has 2 N–H and O–H groups in total. The van der Waals surface area contributed by atoms with E-state index in [1.54, 1.807) is 13.3 Å². The standard InChI is InChI=1S/C11H19N3O/c1-9(6-12)8-14(2)11-5-4-10(15-3)7-13-11/h4-5,7,9H,6,8,12H2,1-3H3. The van der Waals surface area contributed by atoms with Crippen molar-refractivity contribution in [3.05, 3.63) is 18.3 Å². The van der Waals surface area contributed by atoms with Gasteiger partial charge in [0.1, 0.15) is 11.6 Å². The summed E-state index contributed by atoms with van der Waals surface area (Å²) in [6, 6.07) is 3.86. The van der Waals surface area contributed by atoms with Crippen LogP contribution in [0.15, 0.2) is 18.3 Å². The molecule has 0 aliphatic heterocycles. The zero-order valence-corrected chi connectivity index (χ0v) is 9.60. The zero-order valence-electron chi connectivity index (χ0n) is 9.60. The van der Waals surface area contributed by atoms with Gasteiger partial charge in [0.25, 0.3) is 0 Å². The summed E-state index contributed by atoms with van der Waals surface area (Å²) in [7, 11) is 3.65. The van der Waals surface area contributed by atoms with E-state index in [4.69, 9.17) is 10.5 Å². The molecule has 1 heterocycles. The van der Waals surface area contributed by atoms with Crippen molar-refractivity contribution in [1.29, 1.82) is 0 Å². The summed E-state index contributed by atoms with van der Waals surface area (Å²) < 4.78 is 5.05. The Bertz CT molecular complexity index is 286. The normalized spacial score (nSPS) is 12.3. The topological polar surface area (TPSA) is 51.4 Å². The maximum Gasteiger partial charge on any atom is 0.137 e. The van der Waals surface area contributed by atoms with Crippen molar-refractivity contribution in [1.82, 2.24) is 4.98 Å². The van der Waals surface area contributed by atoms with Crippen LogP contribution in [0.5, 0.6) is 5.75 Å². The molecule has 84 valence electrons. The SMILES string of the molecule is COc1ccc(N(C)CC(C)CN)nc1. The van der Waals surface area contributed by atoms with E-state index in [0.717, 1.165) is 18.1 Å². The minimum Gasteiger partial charge on any atom is -0.495 e. The van der Waals surface area contributed by atoms with Gasteiger partial charge in [0.2, 0.25) is 0 Å². The summed E-state index contributed by atoms with van der Waals surface area (Å²) in [6.07, 6.45) is 1.72. The second-order valence-electron chi connectivity index (χ2n) is 3.78. The second kappa shape index (κ2) is 5.56. The monoisotopic (exact) mass is 209 g/mol. The Balaban J connectivity index is 2.61. The highest BCUT2D eigenvalue weighted by molar-refractivity contribution is 5.39. The van der Waals surface area contributed by atoms with Gasteiger partial charge in [0.15, 0.2) is 0 Å². The molecule has 1 unspecified atom stereocenters. The first-order valence-corrected chi connectivity index (χ1v) is 5.08. The highest BCUT2D eigenvalue weighted by Crippen LogP contribution is 2.14. The lowest BCUT2D eigenvalue weighted by Crippen LogP contribution is -2.28. The van der Waals surface area contributed by atoms with E-state index in [0.29, 0.717) is 12.5 Å². The van der Waals surface area contributed by atoms with Crippen LogP contribution in [-0.4, -0.2) is 32.2 Å². The fourth-order valence-corrected chi connectivity index (χ4v) is 1.35. The van der Waals surface area contributed by atoms with Crippen LogP contribution in [0.1, 0.15) is 6.92 Å². The number of ether oxygens (including phenoxy) is 1. The number of hydrogen-bond acceptors (Lipinski definition) is 4. The molecule has 0 aromatic carbocycles. The minimum absolute atomic E-state index is 0.471. The molecule has 4 heteroatoms. The van der Waals surface area contributed by atoms with Crippen LogP contribution in [0.4, 0.5) is 5.82 Å². The van der Waals surface area contributed by atoms with Crippen LogP contribution >= 0.6 is 0 Å². The fraction of sp³-hybridized carbons (Fsp3) is 0.545. The maximum atomic E-state index is 5.58. The molecule has 0 aliphatic rings. The van der Waals surface area contributed by atoms with Crippen molar-refractivity contribution >= 4 is 5.82 Å². The Morgan fingerprint density at radius 2 is 2.27 bits per heavy atom. The van der Waals surface area contributed by atoms with Crippen molar-refractivity contribution < 1.29 is 4.74 Å². The largest absolute Gasteiger partial charge is 0.495 e. The fourth-order valence-electron chi connectivity index (χ4n) is 1.35. The quantitative estimate of drug-likeness (QED) is 0.789. The lowest BCUT2D eigenvalue weighted by atomic mass is 10.2. The Hall–Kier alpha value is -1.29. The number of methoxy groups -OCH3 is 1. The van der Waals surface area contributed by atoms with Gasteiger partial charge in [0, 0.05) is 13.6 Å². The van der Waals surface area contributed by atoms with E-state index in [1.807, 2.05) is 19.2 Å². The van der Waals surface area contributed by atoms with Gasteiger partial charge in [-0.15, -0.1) is 0 Å². The van der Waals surface area contributed by atoms with E-state index in [-0.39, 0.29) is 0 Å². The van der Waals surface area contributed by atoms with Crippen molar-refractivity contribution in [2.45, 2.75) is 6.92 Å². The molecule has 1 rings (SSSR count). The summed E-state index contributed by atoms with van der Waals surface area (Å²) in [4.78, 5) is 6.39. The summed E-state index contributed by atoms with van der Waals surface area (Å²) in [5.74, 6) is 2.19. The van der Waals surface area contributed by atoms with Crippen LogP contribution in [0, 0.1) is 5.92 Å². The van der Waals surface area contributed by atoms with Gasteiger partial charge in [-0.2, -0.15) is 0 Å². The van der Waals surface area contributed by atoms with Crippen LogP contribution in [0.2, 0.25) is 0 Å². The third kappa shape index (κ3) is 3.40. The molecule has 0 amide bonds. The molecule has 0 bridgehead atoms. The van der Waals surface area contributed by atoms with Crippen molar-refractivity contribution in [2.75, 3.05) is 32.1 Å². The van der Waals surface area contributed by atoms with Crippen LogP contribution < -0.4 is 15.4 Å². The summed E-state index contributed by atoms with van der Waals surface area (Å²) in [5, 5.41) is 0. The molecule has 0 saturated heterocycles. The zero-order chi connectivity index (χ0) is 11.3. The predicted octanol–water partition coefficient (Wildman–Crippen LogP) is 1.12. The third-order valence-electron chi connectivity index (χ3n) is 2.34. The summed E-state index contributed by atoms with van der Waals surface area (Å²) in [6.45, 7) is 3.73. The molecule has 15 heavy (non-hydrogen) atoms. The Labute approximate surface area is 91.1 Å². The third-order valence-corrected chi connectivity index (χ3v) is 2.34. The maximum absolute atomic E-state index is 5.58. The van der Waals surface area contributed by atoms with Gasteiger partial charge in [-0.1, -0.05) is 6.92 Å². The molecule has 4 nitrogen and oxygen atoms in total. The van der Waals surface area contributed by atoms with Crippen LogP contribution in [0.25, 0.3) is 0 Å². The molecule has 0 fully saturated rings. The molecule has 0 spiro atoms. The lowest BCUT2D eigenvalue weighted by Gasteiger charge is -2.21. The molecule has 0 aliphatic carbocycles. The van der Waals surface area contributed by atoms with E-state index < -0.39 is 0 Å². The van der Waals surface area contributed by atoms with Gasteiger partial charge in [0.05, 0.1) is 13.3 Å². The van der Waals surface area contributed by atoms with Crippen molar-refractivity contribution in [2.24, 2.45) is 11.7 Å². The molecule has 1 aromatic heterocycles. The highest BCUT2D eigenvalue weighted by Gasteiger charge is 2.06. The van der Waals surface area contributed by atoms with Gasteiger partial charge in [-0.3, -0.25) is 0 Å². The number of anilines is 1. The Kier molecular flexibility index (Phi) is 4.37. The van der Waals surface area contributed by atoms with Crippen molar-refractivity contribution in [3.63, 3.8) is 0 Å². The molecular weight excluding hydrogens is 190 g/mol. The average molecular weight is 209 g/mol. The van der Waals surface area contributed by atoms with Crippen molar-refractivity contribution in [3.8, 4) is 5.75 Å². The predicted molar refractivity (Wildman–Crippen MR) is 62.3 cm³/mol. The first kappa shape index (κ1) is 11.8. The Morgan fingerprint density at radius 3 is 2.73 bits per heavy atom. The molecular formula is C11H19N3O. The van der Waals surface area contributed by atoms with Crippen LogP contribution in [0.3, 0.4) is 0 Å². The first-order valence-electron chi connectivity index (χ1n) is 5.08. The van der Waals surface area contributed by atoms with E-state index in [2.05, 4.69) is 16.8 Å². The highest BCUT2D eigenvalue weighted by atomic mass is 16.5. The molecule has 1 aromatic rings. The number of hydrogen-bond donors (Lipinski definition) is 1. The average Bonchev–Trinajstić information content (AvgIpc) is 2.29. The number of nitrogens with zero attached hydrogens (tertiary/aromatic N) is 2. The van der Waals surface area contributed by atoms with E-state index >= 15 is 0 Å². The van der Waals surface area contributed by atoms with Gasteiger partial charge >= 0.3 is 0 Å². The molecule has 0 saturated carbocycles. The lowest BCUT2D eigenvalue weighted by molar-refractivity contribution is 0.413. The van der Waals surface area contributed by atoms with Gasteiger partial charge < -0.3 is 15.4 Å². The first-order chi connectivity index (χ1) is 7.17. The number of nitrogens with two attached hydrogens (primary N) is 1. The smallest absolute Gasteiger partial charge is 0.137 e. The molecule has 1 atom stereocenters. The van der Waals surface area contributed by atoms with E-state index in [9.17, 15) is 0 Å². The Morgan fingerprint density at radius 1 is 1.53 bits per heavy atom. The summed E-state index contributed by atoms with van der Waals surface area (Å²) in [5.41, 5.74) is 5.58. The number of rotatable bonds is 5. The second-order valence-corrected chi connectivity index (χ2v) is 3.78. The summed E-state index contributed by atoms with van der Waals surface area (Å²) >= 11 is 0. The minimum atomic E-state index is 0.471. The number of aromatic nitrogens is 1. The van der Waals surface area contributed by atoms with Gasteiger partial charge in [-0.25, -0.2) is 4.98 Å². The number of pyridine rings is 1. The van der Waals surface area contributed by atoms with Crippen LogP contribution in [-0.2, 0) is 0 Å². The van der Waals surface area contributed by atoms with E-state index in [1.165, 1.54) is 0 Å². The van der Waals surface area contributed by atoms with Gasteiger partial charge in [-0.05, 0) is 24.6 Å². The molecule has 0 radical (unpaired) electrons.